The van der Waals surface area contributed by atoms with Crippen molar-refractivity contribution in [2.45, 2.75) is 98.2 Å². The quantitative estimate of drug-likeness (QED) is 0.0840. The highest BCUT2D eigenvalue weighted by Gasteiger charge is 2.53. The maximum absolute atomic E-state index is 11.3. The van der Waals surface area contributed by atoms with E-state index in [1.165, 1.54) is 0 Å². The highest BCUT2D eigenvalue weighted by Crippen LogP contribution is 2.35. The lowest BCUT2D eigenvalue weighted by atomic mass is 9.84. The van der Waals surface area contributed by atoms with Crippen molar-refractivity contribution in [1.29, 1.82) is 0 Å². The zero-order valence-corrected chi connectivity index (χ0v) is 20.9. The lowest BCUT2D eigenvalue weighted by Crippen LogP contribution is -2.65. The minimum absolute atomic E-state index is 0.328. The highest BCUT2D eigenvalue weighted by molar-refractivity contribution is 5.04. The van der Waals surface area contributed by atoms with Crippen molar-refractivity contribution in [2.75, 3.05) is 13.2 Å². The average Bonchev–Trinajstić information content (AvgIpc) is 2.95. The Morgan fingerprint density at radius 3 is 1.68 bits per heavy atom. The number of aliphatic hydroxyl groups is 7. The number of rotatable bonds is 10. The highest BCUT2D eigenvalue weighted by atomic mass is 16.7. The van der Waals surface area contributed by atoms with Crippen molar-refractivity contribution < 1.29 is 54.7 Å². The minimum Gasteiger partial charge on any atom is -0.394 e. The van der Waals surface area contributed by atoms with Crippen LogP contribution in [0.25, 0.3) is 41.8 Å². The van der Waals surface area contributed by atoms with Gasteiger partial charge in [-0.1, -0.05) is 20.5 Å². The summed E-state index contributed by atoms with van der Waals surface area (Å²) in [4.78, 5) is 10.5. The van der Waals surface area contributed by atoms with Gasteiger partial charge in [-0.05, 0) is 28.5 Å². The van der Waals surface area contributed by atoms with E-state index in [-0.39, 0.29) is 6.42 Å². The summed E-state index contributed by atoms with van der Waals surface area (Å²) in [6.07, 6.45) is -20.6. The molecule has 226 valence electrons. The molecule has 1 aliphatic carbocycles. The second-order valence-corrected chi connectivity index (χ2v) is 9.30. The van der Waals surface area contributed by atoms with Crippen LogP contribution in [0.15, 0.2) is 20.5 Å². The largest absolute Gasteiger partial charge is 0.394 e. The van der Waals surface area contributed by atoms with E-state index in [4.69, 9.17) is 41.1 Å². The predicted molar refractivity (Wildman–Crippen MR) is 128 cm³/mol. The zero-order valence-electron chi connectivity index (χ0n) is 20.9. The molecule has 0 aromatic carbocycles. The van der Waals surface area contributed by atoms with Crippen LogP contribution in [0.1, 0.15) is 6.42 Å². The number of aliphatic hydroxyl groups excluding tert-OH is 7. The van der Waals surface area contributed by atoms with E-state index in [0.29, 0.717) is 0 Å². The van der Waals surface area contributed by atoms with Crippen LogP contribution >= 0.6 is 0 Å². The molecule has 0 aromatic heterocycles. The molecule has 3 fully saturated rings. The summed E-state index contributed by atoms with van der Waals surface area (Å²) in [6, 6.07) is -4.13. The van der Waals surface area contributed by atoms with Crippen LogP contribution in [0.4, 0.5) is 0 Å². The summed E-state index contributed by atoms with van der Waals surface area (Å²) in [5, 5.41) is 86.3. The summed E-state index contributed by atoms with van der Waals surface area (Å²) < 4.78 is 22.2. The van der Waals surface area contributed by atoms with Gasteiger partial charge < -0.3 is 54.7 Å². The third-order valence-corrected chi connectivity index (χ3v) is 6.92. The van der Waals surface area contributed by atoms with Crippen molar-refractivity contribution in [3.05, 3.63) is 41.8 Å². The molecule has 3 rings (SSSR count). The van der Waals surface area contributed by atoms with E-state index < -0.39 is 105 Å². The van der Waals surface area contributed by atoms with Crippen LogP contribution in [-0.4, -0.2) is 141 Å². The van der Waals surface area contributed by atoms with Gasteiger partial charge in [0.25, 0.3) is 0 Å². The van der Waals surface area contributed by atoms with Crippen LogP contribution in [-0.2, 0) is 18.9 Å². The Hall–Kier alpha value is -3.20. The fraction of sp³-hybridized carbons (Fsp3) is 1.00. The Kier molecular flexibility index (Phi) is 11.5. The Balaban J connectivity index is 1.91. The first kappa shape index (κ1) is 32.3. The van der Waals surface area contributed by atoms with Crippen molar-refractivity contribution in [3.63, 3.8) is 0 Å². The Labute approximate surface area is 228 Å². The zero-order chi connectivity index (χ0) is 30.3. The normalized spacial score (nSPS) is 44.3. The molecule has 23 heteroatoms. The van der Waals surface area contributed by atoms with E-state index in [9.17, 15) is 35.7 Å². The lowest BCUT2D eigenvalue weighted by molar-refractivity contribution is -0.331. The second kappa shape index (κ2) is 14.6. The SMILES string of the molecule is [N-]=[N+]=NC[C@H]1O[C@H](O[C@H]2[C@H](O)[C@@H](O[C@H]3O[C@H](CO)[C@@H](O)[C@H](N=[N+]=[N-])[C@H]3O)[C@H](N=[N+]=[N-])C[C@@H]2N=[N+]=[N-])[C@H](O)[C@@H](O)[C@@H]1O. The third kappa shape index (κ3) is 7.00. The molecule has 1 saturated carbocycles. The van der Waals surface area contributed by atoms with E-state index >= 15 is 0 Å². The van der Waals surface area contributed by atoms with Crippen LogP contribution < -0.4 is 0 Å². The van der Waals surface area contributed by atoms with Gasteiger partial charge >= 0.3 is 0 Å². The van der Waals surface area contributed by atoms with Crippen molar-refractivity contribution >= 4 is 0 Å². The fourth-order valence-electron chi connectivity index (χ4n) is 4.84. The number of ether oxygens (including phenoxy) is 4. The molecule has 0 aromatic rings. The van der Waals surface area contributed by atoms with E-state index in [1.807, 2.05) is 0 Å². The molecular weight excluding hydrogens is 560 g/mol. The molecule has 3 aliphatic rings. The van der Waals surface area contributed by atoms with Gasteiger partial charge in [0, 0.05) is 19.6 Å². The predicted octanol–water partition coefficient (Wildman–Crippen LogP) is -1.88. The van der Waals surface area contributed by atoms with Gasteiger partial charge in [-0.15, -0.1) is 0 Å². The summed E-state index contributed by atoms with van der Waals surface area (Å²) in [5.41, 5.74) is 35.6. The molecule has 0 bridgehead atoms. The molecule has 0 unspecified atom stereocenters. The molecule has 41 heavy (non-hydrogen) atoms. The van der Waals surface area contributed by atoms with Gasteiger partial charge in [0.1, 0.15) is 36.6 Å². The first-order chi connectivity index (χ1) is 19.6. The summed E-state index contributed by atoms with van der Waals surface area (Å²) >= 11 is 0. The maximum Gasteiger partial charge on any atom is 0.186 e. The standard InChI is InChI=1S/C18H28N12O11/c19-27-23-2-6-10(33)12(35)13(36)18(38-6)41-16-5(25-29-21)1-4(24-28-20)15(14(16)37)40-17-11(34)8(26-30-22)9(32)7(3-31)39-17/h4-18,31-37H,1-3H2/t4-,5+,6-,7-,8+,9-,10-,11-,12+,13-,14-,15+,16-,17-,18-/m1/s1. The second-order valence-electron chi connectivity index (χ2n) is 9.30. The number of hydrogen-bond donors (Lipinski definition) is 7. The molecule has 2 aliphatic heterocycles. The number of nitrogens with zero attached hydrogens (tertiary/aromatic N) is 12. The molecule has 0 spiro atoms. The van der Waals surface area contributed by atoms with Crippen LogP contribution in [0.5, 0.6) is 0 Å². The Morgan fingerprint density at radius 1 is 0.634 bits per heavy atom. The fourth-order valence-corrected chi connectivity index (χ4v) is 4.84. The van der Waals surface area contributed by atoms with Gasteiger partial charge in [-0.25, -0.2) is 0 Å². The number of hydrogen-bond acceptors (Lipinski definition) is 15. The van der Waals surface area contributed by atoms with Gasteiger partial charge in [0.05, 0.1) is 55.7 Å². The molecule has 23 nitrogen and oxygen atoms in total. The van der Waals surface area contributed by atoms with Gasteiger partial charge in [-0.2, -0.15) is 0 Å². The molecule has 2 heterocycles. The smallest absolute Gasteiger partial charge is 0.186 e. The summed E-state index contributed by atoms with van der Waals surface area (Å²) in [6.45, 7) is -1.26. The molecule has 0 radical (unpaired) electrons. The van der Waals surface area contributed by atoms with Crippen LogP contribution in [0.3, 0.4) is 0 Å². The third-order valence-electron chi connectivity index (χ3n) is 6.92. The number of azide groups is 4. The lowest BCUT2D eigenvalue weighted by Gasteiger charge is -2.47. The van der Waals surface area contributed by atoms with Crippen molar-refractivity contribution in [3.8, 4) is 0 Å². The molecule has 15 atom stereocenters. The molecule has 2 saturated heterocycles. The molecule has 7 N–H and O–H groups in total. The van der Waals surface area contributed by atoms with Crippen molar-refractivity contribution in [1.82, 2.24) is 0 Å². The Morgan fingerprint density at radius 2 is 1.17 bits per heavy atom. The molecule has 0 amide bonds. The first-order valence-electron chi connectivity index (χ1n) is 12.1. The Bertz CT molecular complexity index is 1100. The maximum atomic E-state index is 11.3. The van der Waals surface area contributed by atoms with Crippen molar-refractivity contribution in [2.24, 2.45) is 20.5 Å². The monoisotopic (exact) mass is 588 g/mol. The van der Waals surface area contributed by atoms with E-state index in [1.54, 1.807) is 0 Å². The van der Waals surface area contributed by atoms with Gasteiger partial charge in [0.2, 0.25) is 0 Å². The minimum atomic E-state index is -1.90. The molecular formula is C18H28N12O11. The van der Waals surface area contributed by atoms with E-state index in [2.05, 4.69) is 40.1 Å². The average molecular weight is 588 g/mol. The first-order valence-corrected chi connectivity index (χ1v) is 12.1. The van der Waals surface area contributed by atoms with Gasteiger partial charge in [-0.3, -0.25) is 0 Å². The van der Waals surface area contributed by atoms with Crippen LogP contribution in [0, 0.1) is 0 Å². The van der Waals surface area contributed by atoms with Crippen LogP contribution in [0.2, 0.25) is 0 Å². The van der Waals surface area contributed by atoms with E-state index in [0.717, 1.165) is 0 Å². The summed E-state index contributed by atoms with van der Waals surface area (Å²) in [5.74, 6) is 0. The topological polar surface area (TPSA) is 374 Å². The summed E-state index contributed by atoms with van der Waals surface area (Å²) in [7, 11) is 0. The van der Waals surface area contributed by atoms with Gasteiger partial charge in [0.15, 0.2) is 12.6 Å².